The summed E-state index contributed by atoms with van der Waals surface area (Å²) < 4.78 is 2.18. The number of amides is 1. The summed E-state index contributed by atoms with van der Waals surface area (Å²) in [6.07, 6.45) is 6.64. The van der Waals surface area contributed by atoms with Gasteiger partial charge in [-0.05, 0) is 19.8 Å². The van der Waals surface area contributed by atoms with Crippen molar-refractivity contribution in [3.05, 3.63) is 18.2 Å². The normalized spacial score (nSPS) is 17.2. The number of nitrogens with zero attached hydrogens (tertiary/aromatic N) is 3. The number of aryl methyl sites for hydroxylation is 1. The number of hydrogen-bond acceptors (Lipinski definition) is 3. The zero-order chi connectivity index (χ0) is 13.7. The molecule has 0 radical (unpaired) electrons. The van der Waals surface area contributed by atoms with Gasteiger partial charge < -0.3 is 14.8 Å². The molecule has 5 nitrogen and oxygen atoms in total. The van der Waals surface area contributed by atoms with Gasteiger partial charge in [0.1, 0.15) is 0 Å². The molecular weight excluding hydrogens is 240 g/mol. The summed E-state index contributed by atoms with van der Waals surface area (Å²) >= 11 is 0. The standard InChI is InChI=1S/C14H24N4O/c1-3-6-18-11-15-8-13(18)9-16-12(2)10-17-7-4-5-14(17)19/h8,11-12,16H,3-7,9-10H2,1-2H3. The van der Waals surface area contributed by atoms with Gasteiger partial charge in [0.15, 0.2) is 0 Å². The lowest BCUT2D eigenvalue weighted by Crippen LogP contribution is -2.39. The molecule has 1 aliphatic rings. The quantitative estimate of drug-likeness (QED) is 0.810. The van der Waals surface area contributed by atoms with Gasteiger partial charge in [0.25, 0.3) is 0 Å². The van der Waals surface area contributed by atoms with Gasteiger partial charge in [-0.1, -0.05) is 6.92 Å². The van der Waals surface area contributed by atoms with Gasteiger partial charge in [-0.25, -0.2) is 4.98 Å². The predicted octanol–water partition coefficient (Wildman–Crippen LogP) is 1.39. The maximum Gasteiger partial charge on any atom is 0.222 e. The van der Waals surface area contributed by atoms with Crippen LogP contribution >= 0.6 is 0 Å². The molecule has 106 valence electrons. The van der Waals surface area contributed by atoms with Crippen LogP contribution in [0.3, 0.4) is 0 Å². The van der Waals surface area contributed by atoms with Crippen LogP contribution < -0.4 is 5.32 Å². The number of nitrogens with one attached hydrogen (secondary N) is 1. The Morgan fingerprint density at radius 3 is 3.05 bits per heavy atom. The smallest absolute Gasteiger partial charge is 0.222 e. The Kier molecular flexibility index (Phi) is 4.96. The van der Waals surface area contributed by atoms with Crippen LogP contribution in [0.1, 0.15) is 38.8 Å². The van der Waals surface area contributed by atoms with E-state index in [4.69, 9.17) is 0 Å². The average molecular weight is 264 g/mol. The molecule has 1 fully saturated rings. The Balaban J connectivity index is 1.78. The maximum absolute atomic E-state index is 11.6. The van der Waals surface area contributed by atoms with Gasteiger partial charge >= 0.3 is 0 Å². The minimum Gasteiger partial charge on any atom is -0.341 e. The largest absolute Gasteiger partial charge is 0.341 e. The molecule has 0 aromatic carbocycles. The van der Waals surface area contributed by atoms with E-state index in [9.17, 15) is 4.79 Å². The molecule has 1 aliphatic heterocycles. The van der Waals surface area contributed by atoms with Crippen LogP contribution in [0, 0.1) is 0 Å². The fourth-order valence-corrected chi connectivity index (χ4v) is 2.51. The van der Waals surface area contributed by atoms with E-state index in [1.807, 2.05) is 17.4 Å². The molecular formula is C14H24N4O. The third-order valence-corrected chi connectivity index (χ3v) is 3.56. The minimum absolute atomic E-state index is 0.296. The van der Waals surface area contributed by atoms with Crippen molar-refractivity contribution in [1.82, 2.24) is 19.8 Å². The van der Waals surface area contributed by atoms with E-state index in [1.54, 1.807) is 0 Å². The van der Waals surface area contributed by atoms with Gasteiger partial charge in [-0.3, -0.25) is 4.79 Å². The summed E-state index contributed by atoms with van der Waals surface area (Å²) in [5, 5.41) is 3.48. The second-order valence-electron chi connectivity index (χ2n) is 5.30. The molecule has 1 amide bonds. The summed E-state index contributed by atoms with van der Waals surface area (Å²) in [4.78, 5) is 17.7. The van der Waals surface area contributed by atoms with E-state index >= 15 is 0 Å². The molecule has 1 atom stereocenters. The van der Waals surface area contributed by atoms with Gasteiger partial charge in [-0.2, -0.15) is 0 Å². The van der Waals surface area contributed by atoms with E-state index in [0.29, 0.717) is 11.9 Å². The summed E-state index contributed by atoms with van der Waals surface area (Å²) in [6.45, 7) is 7.84. The topological polar surface area (TPSA) is 50.2 Å². The van der Waals surface area contributed by atoms with E-state index in [-0.39, 0.29) is 0 Å². The van der Waals surface area contributed by atoms with Crippen LogP contribution in [0.25, 0.3) is 0 Å². The molecule has 0 bridgehead atoms. The molecule has 1 unspecified atom stereocenters. The van der Waals surface area contributed by atoms with Crippen LogP contribution in [0.5, 0.6) is 0 Å². The molecule has 2 heterocycles. The Morgan fingerprint density at radius 2 is 2.37 bits per heavy atom. The van der Waals surface area contributed by atoms with Crippen molar-refractivity contribution in [2.45, 2.75) is 52.2 Å². The Morgan fingerprint density at radius 1 is 1.53 bits per heavy atom. The first kappa shape index (κ1) is 14.1. The third-order valence-electron chi connectivity index (χ3n) is 3.56. The zero-order valence-electron chi connectivity index (χ0n) is 11.9. The minimum atomic E-state index is 0.296. The zero-order valence-corrected chi connectivity index (χ0v) is 11.9. The van der Waals surface area contributed by atoms with E-state index in [0.717, 1.165) is 45.4 Å². The van der Waals surface area contributed by atoms with Gasteiger partial charge in [0, 0.05) is 44.8 Å². The van der Waals surface area contributed by atoms with Crippen LogP contribution in [-0.2, 0) is 17.9 Å². The number of hydrogen-bond donors (Lipinski definition) is 1. The fourth-order valence-electron chi connectivity index (χ4n) is 2.51. The molecule has 5 heteroatoms. The predicted molar refractivity (Wildman–Crippen MR) is 74.6 cm³/mol. The average Bonchev–Trinajstić information content (AvgIpc) is 2.98. The van der Waals surface area contributed by atoms with E-state index in [2.05, 4.69) is 28.7 Å². The molecule has 1 aromatic heterocycles. The highest BCUT2D eigenvalue weighted by Gasteiger charge is 2.21. The van der Waals surface area contributed by atoms with Crippen molar-refractivity contribution in [1.29, 1.82) is 0 Å². The van der Waals surface area contributed by atoms with E-state index in [1.165, 1.54) is 5.69 Å². The summed E-state index contributed by atoms with van der Waals surface area (Å²) in [5.41, 5.74) is 1.21. The number of rotatable bonds is 7. The maximum atomic E-state index is 11.6. The molecule has 1 aromatic rings. The first-order valence-corrected chi connectivity index (χ1v) is 7.21. The Hall–Kier alpha value is -1.36. The lowest BCUT2D eigenvalue weighted by molar-refractivity contribution is -0.127. The third kappa shape index (κ3) is 3.80. The fraction of sp³-hybridized carbons (Fsp3) is 0.714. The Bertz CT molecular complexity index is 415. The monoisotopic (exact) mass is 264 g/mol. The van der Waals surface area contributed by atoms with Gasteiger partial charge in [-0.15, -0.1) is 0 Å². The SMILES string of the molecule is CCCn1cncc1CNC(C)CN1CCCC1=O. The first-order chi connectivity index (χ1) is 9.20. The van der Waals surface area contributed by atoms with Crippen molar-refractivity contribution in [3.63, 3.8) is 0 Å². The Labute approximate surface area is 115 Å². The molecule has 19 heavy (non-hydrogen) atoms. The van der Waals surface area contributed by atoms with Crippen molar-refractivity contribution >= 4 is 5.91 Å². The lowest BCUT2D eigenvalue weighted by Gasteiger charge is -2.21. The molecule has 2 rings (SSSR count). The van der Waals surface area contributed by atoms with E-state index < -0.39 is 0 Å². The molecule has 0 saturated carbocycles. The van der Waals surface area contributed by atoms with Crippen molar-refractivity contribution in [2.75, 3.05) is 13.1 Å². The lowest BCUT2D eigenvalue weighted by atomic mass is 10.3. The van der Waals surface area contributed by atoms with Crippen LogP contribution in [-0.4, -0.2) is 39.5 Å². The van der Waals surface area contributed by atoms with Gasteiger partial charge in [0.05, 0.1) is 12.0 Å². The van der Waals surface area contributed by atoms with Crippen LogP contribution in [0.2, 0.25) is 0 Å². The molecule has 0 aliphatic carbocycles. The van der Waals surface area contributed by atoms with Crippen molar-refractivity contribution in [3.8, 4) is 0 Å². The number of carbonyl (C=O) groups is 1. The van der Waals surface area contributed by atoms with Crippen LogP contribution in [0.15, 0.2) is 12.5 Å². The second-order valence-corrected chi connectivity index (χ2v) is 5.30. The summed E-state index contributed by atoms with van der Waals surface area (Å²) in [7, 11) is 0. The van der Waals surface area contributed by atoms with Crippen LogP contribution in [0.4, 0.5) is 0 Å². The number of aromatic nitrogens is 2. The van der Waals surface area contributed by atoms with Crippen molar-refractivity contribution < 1.29 is 4.79 Å². The second kappa shape index (κ2) is 6.70. The van der Waals surface area contributed by atoms with Gasteiger partial charge in [0.2, 0.25) is 5.91 Å². The van der Waals surface area contributed by atoms with Crippen molar-refractivity contribution in [2.24, 2.45) is 0 Å². The first-order valence-electron chi connectivity index (χ1n) is 7.21. The molecule has 1 saturated heterocycles. The number of likely N-dealkylation sites (tertiary alicyclic amines) is 1. The number of imidazole rings is 1. The molecule has 0 spiro atoms. The molecule has 1 N–H and O–H groups in total. The summed E-state index contributed by atoms with van der Waals surface area (Å²) in [5.74, 6) is 0.296. The summed E-state index contributed by atoms with van der Waals surface area (Å²) in [6, 6.07) is 0.312. The number of carbonyl (C=O) groups excluding carboxylic acids is 1. The highest BCUT2D eigenvalue weighted by Crippen LogP contribution is 2.10. The highest BCUT2D eigenvalue weighted by atomic mass is 16.2. The highest BCUT2D eigenvalue weighted by molar-refractivity contribution is 5.78.